The smallest absolute Gasteiger partial charge is 0.0275 e. The predicted octanol–water partition coefficient (Wildman–Crippen LogP) is 4.94. The fourth-order valence-corrected chi connectivity index (χ4v) is 1.88. The van der Waals surface area contributed by atoms with Gasteiger partial charge < -0.3 is 0 Å². The normalized spacial score (nSPS) is 14.5. The highest BCUT2D eigenvalue weighted by molar-refractivity contribution is 5.21. The molecule has 0 fully saturated rings. The minimum atomic E-state index is 1.14. The lowest BCUT2D eigenvalue weighted by atomic mass is 10.0. The molecule has 1 rings (SSSR count). The summed E-state index contributed by atoms with van der Waals surface area (Å²) in [5.41, 5.74) is 4.37. The summed E-state index contributed by atoms with van der Waals surface area (Å²) >= 11 is 0. The second-order valence-corrected chi connectivity index (χ2v) is 4.12. The quantitative estimate of drug-likeness (QED) is 0.405. The van der Waals surface area contributed by atoms with Crippen LogP contribution in [0.2, 0.25) is 0 Å². The Hall–Kier alpha value is -1.00. The molecule has 0 saturated heterocycles. The molecule has 0 aromatic heterocycles. The Labute approximate surface area is 94.1 Å². The first-order valence-corrected chi connectivity index (χ1v) is 6.13. The maximum absolute atomic E-state index is 3.56. The molecule has 0 unspecified atom stereocenters. The van der Waals surface area contributed by atoms with Crippen molar-refractivity contribution < 1.29 is 0 Å². The van der Waals surface area contributed by atoms with E-state index in [4.69, 9.17) is 0 Å². The predicted molar refractivity (Wildman–Crippen MR) is 67.9 cm³/mol. The Balaban J connectivity index is 1.94. The fraction of sp³-hybridized carbons (Fsp3) is 0.533. The van der Waals surface area contributed by atoms with Crippen molar-refractivity contribution in [2.75, 3.05) is 0 Å². The van der Waals surface area contributed by atoms with Crippen LogP contribution in [0.25, 0.3) is 0 Å². The molecule has 0 aromatic carbocycles. The van der Waals surface area contributed by atoms with Gasteiger partial charge in [-0.2, -0.15) is 0 Å². The van der Waals surface area contributed by atoms with Crippen LogP contribution in [-0.2, 0) is 0 Å². The number of unbranched alkanes of at least 4 members (excludes halogenated alkanes) is 4. The van der Waals surface area contributed by atoms with Gasteiger partial charge in [0.2, 0.25) is 0 Å². The van der Waals surface area contributed by atoms with Crippen LogP contribution in [0, 0.1) is 0 Å². The Morgan fingerprint density at radius 2 is 2.07 bits per heavy atom. The van der Waals surface area contributed by atoms with Crippen molar-refractivity contribution in [1.29, 1.82) is 0 Å². The van der Waals surface area contributed by atoms with Gasteiger partial charge in [0.25, 0.3) is 0 Å². The summed E-state index contributed by atoms with van der Waals surface area (Å²) in [7, 11) is 0. The van der Waals surface area contributed by atoms with E-state index >= 15 is 0 Å². The van der Waals surface area contributed by atoms with Crippen molar-refractivity contribution in [3.05, 3.63) is 42.2 Å². The first kappa shape index (κ1) is 12.1. The first-order valence-electron chi connectivity index (χ1n) is 6.13. The number of rotatable bonds is 7. The van der Waals surface area contributed by atoms with Crippen molar-refractivity contribution in [1.82, 2.24) is 0 Å². The third-order valence-electron chi connectivity index (χ3n) is 2.78. The molecule has 0 saturated carbocycles. The van der Waals surface area contributed by atoms with Gasteiger partial charge in [-0.1, -0.05) is 43.2 Å². The maximum Gasteiger partial charge on any atom is -0.0275 e. The molecule has 0 amide bonds. The number of allylic oxidation sites excluding steroid dienone is 5. The van der Waals surface area contributed by atoms with E-state index in [0.29, 0.717) is 0 Å². The van der Waals surface area contributed by atoms with Crippen LogP contribution in [0.5, 0.6) is 0 Å². The van der Waals surface area contributed by atoms with Crippen molar-refractivity contribution in [3.63, 3.8) is 0 Å². The summed E-state index contributed by atoms with van der Waals surface area (Å²) in [5, 5.41) is 0. The van der Waals surface area contributed by atoms with Crippen LogP contribution >= 0.6 is 0 Å². The summed E-state index contributed by atoms with van der Waals surface area (Å²) in [6.07, 6.45) is 19.2. The molecule has 0 heteroatoms. The summed E-state index contributed by atoms with van der Waals surface area (Å²) in [6, 6.07) is 0. The monoisotopic (exact) mass is 202 g/mol. The van der Waals surface area contributed by atoms with Gasteiger partial charge in [0, 0.05) is 0 Å². The fourth-order valence-electron chi connectivity index (χ4n) is 1.88. The second-order valence-electron chi connectivity index (χ2n) is 4.12. The minimum absolute atomic E-state index is 1.14. The molecule has 0 bridgehead atoms. The highest BCUT2D eigenvalue weighted by atomic mass is 14.0. The van der Waals surface area contributed by atoms with E-state index in [1.807, 2.05) is 6.08 Å². The van der Waals surface area contributed by atoms with E-state index in [1.165, 1.54) is 44.9 Å². The molecule has 1 aliphatic rings. The molecule has 1 aliphatic carbocycles. The van der Waals surface area contributed by atoms with Gasteiger partial charge >= 0.3 is 0 Å². The summed E-state index contributed by atoms with van der Waals surface area (Å²) in [5.74, 6) is 0. The summed E-state index contributed by atoms with van der Waals surface area (Å²) in [6.45, 7) is 3.56. The molecule has 0 spiro atoms. The van der Waals surface area contributed by atoms with E-state index in [0.717, 1.165) is 6.42 Å². The van der Waals surface area contributed by atoms with E-state index < -0.39 is 0 Å². The molecule has 82 valence electrons. The molecule has 0 atom stereocenters. The first-order chi connectivity index (χ1) is 7.43. The minimum Gasteiger partial charge on any atom is -0.133 e. The zero-order chi connectivity index (χ0) is 10.8. The van der Waals surface area contributed by atoms with Crippen LogP contribution in [0.4, 0.5) is 0 Å². The molecule has 0 N–H and O–H groups in total. The largest absolute Gasteiger partial charge is 0.133 e. The summed E-state index contributed by atoms with van der Waals surface area (Å²) in [4.78, 5) is 0. The Morgan fingerprint density at radius 3 is 2.80 bits per heavy atom. The van der Waals surface area contributed by atoms with Crippen LogP contribution in [0.3, 0.4) is 0 Å². The standard InChI is InChI=1S/C15H22/c1-2-3-4-5-6-7-9-12-15-13-10-8-11-14-15/h3,10,13-14H,1,4-9,11-12H2. The van der Waals surface area contributed by atoms with Gasteiger partial charge in [0.05, 0.1) is 0 Å². The van der Waals surface area contributed by atoms with E-state index in [9.17, 15) is 0 Å². The Morgan fingerprint density at radius 1 is 1.20 bits per heavy atom. The van der Waals surface area contributed by atoms with Gasteiger partial charge in [-0.15, -0.1) is 5.73 Å². The van der Waals surface area contributed by atoms with Gasteiger partial charge in [-0.3, -0.25) is 0 Å². The number of hydrogen-bond acceptors (Lipinski definition) is 0. The molecule has 0 aliphatic heterocycles. The lowest BCUT2D eigenvalue weighted by Gasteiger charge is -2.06. The average Bonchev–Trinajstić information content (AvgIpc) is 2.29. The Bertz CT molecular complexity index is 262. The van der Waals surface area contributed by atoms with E-state index in [-0.39, 0.29) is 0 Å². The molecule has 0 nitrogen and oxygen atoms in total. The van der Waals surface area contributed by atoms with Crippen molar-refractivity contribution in [2.24, 2.45) is 0 Å². The highest BCUT2D eigenvalue weighted by Gasteiger charge is 1.97. The van der Waals surface area contributed by atoms with Crippen molar-refractivity contribution in [3.8, 4) is 0 Å². The highest BCUT2D eigenvalue weighted by Crippen LogP contribution is 2.16. The van der Waals surface area contributed by atoms with Gasteiger partial charge in [0.15, 0.2) is 0 Å². The van der Waals surface area contributed by atoms with E-state index in [1.54, 1.807) is 5.57 Å². The number of hydrogen-bond donors (Lipinski definition) is 0. The molecular formula is C15H22. The van der Waals surface area contributed by atoms with Crippen LogP contribution in [-0.4, -0.2) is 0 Å². The van der Waals surface area contributed by atoms with Gasteiger partial charge in [-0.25, -0.2) is 0 Å². The van der Waals surface area contributed by atoms with Crippen molar-refractivity contribution >= 4 is 0 Å². The molecule has 0 heterocycles. The van der Waals surface area contributed by atoms with Crippen LogP contribution in [0.15, 0.2) is 42.2 Å². The summed E-state index contributed by atoms with van der Waals surface area (Å²) < 4.78 is 0. The topological polar surface area (TPSA) is 0 Å². The molecule has 0 radical (unpaired) electrons. The third kappa shape index (κ3) is 6.14. The second kappa shape index (κ2) is 8.32. The van der Waals surface area contributed by atoms with Crippen molar-refractivity contribution in [2.45, 2.75) is 51.4 Å². The lowest BCUT2D eigenvalue weighted by Crippen LogP contribution is -1.86. The molecule has 0 aromatic rings. The zero-order valence-electron chi connectivity index (χ0n) is 9.67. The maximum atomic E-state index is 3.56. The zero-order valence-corrected chi connectivity index (χ0v) is 9.67. The Kier molecular flexibility index (Phi) is 6.70. The average molecular weight is 202 g/mol. The SMILES string of the molecule is C=C=CCCCCCCC1=CCCC=C1. The third-order valence-corrected chi connectivity index (χ3v) is 2.78. The molecular weight excluding hydrogens is 180 g/mol. The van der Waals surface area contributed by atoms with Gasteiger partial charge in [-0.05, 0) is 44.6 Å². The van der Waals surface area contributed by atoms with Crippen LogP contribution < -0.4 is 0 Å². The molecule has 15 heavy (non-hydrogen) atoms. The lowest BCUT2D eigenvalue weighted by molar-refractivity contribution is 0.646. The van der Waals surface area contributed by atoms with Crippen LogP contribution in [0.1, 0.15) is 51.4 Å². The van der Waals surface area contributed by atoms with Gasteiger partial charge in [0.1, 0.15) is 0 Å². The van der Waals surface area contributed by atoms with E-state index in [2.05, 4.69) is 30.5 Å².